The predicted molar refractivity (Wildman–Crippen MR) is 96.3 cm³/mol. The number of hydrogen-bond acceptors (Lipinski definition) is 9. The number of aryl methyl sites for hydroxylation is 1. The Morgan fingerprint density at radius 1 is 1.04 bits per heavy atom. The Kier molecular flexibility index (Phi) is 3.19. The zero-order chi connectivity index (χ0) is 18.7. The molecule has 0 fully saturated rings. The Labute approximate surface area is 155 Å². The summed E-state index contributed by atoms with van der Waals surface area (Å²) in [6.45, 7) is 1.76. The van der Waals surface area contributed by atoms with Crippen molar-refractivity contribution in [1.29, 1.82) is 0 Å². The molecule has 3 aromatic heterocycles. The molecule has 1 N–H and O–H groups in total. The molecule has 0 spiro atoms. The molecular formula is C17H10N4O5S. The third-order valence-electron chi connectivity index (χ3n) is 4.07. The third-order valence-corrected chi connectivity index (χ3v) is 4.36. The molecule has 0 saturated heterocycles. The number of rotatable bonds is 2. The summed E-state index contributed by atoms with van der Waals surface area (Å²) >= 11 is 4.36. The highest BCUT2D eigenvalue weighted by Gasteiger charge is 2.20. The summed E-state index contributed by atoms with van der Waals surface area (Å²) in [5.41, 5.74) is 2.61. The maximum absolute atomic E-state index is 11.3. The molecule has 5 aromatic rings. The summed E-state index contributed by atoms with van der Waals surface area (Å²) in [5, 5.41) is 18.8. The van der Waals surface area contributed by atoms with Gasteiger partial charge in [0.25, 0.3) is 0 Å². The van der Waals surface area contributed by atoms with Gasteiger partial charge in [0.15, 0.2) is 33.6 Å². The normalized spacial score (nSPS) is 11.6. The first-order valence-corrected chi connectivity index (χ1v) is 8.23. The molecule has 2 aromatic carbocycles. The fraction of sp³-hybridized carbons (Fsp3) is 0.0588. The van der Waals surface area contributed by atoms with Crippen molar-refractivity contribution in [2.75, 3.05) is 0 Å². The SMILES string of the molecule is Cc1nc2cc(-n3c(S)nnc3-c3cc4oc(=O)oc4cc3O)ccc2o1. The first-order valence-electron chi connectivity index (χ1n) is 7.78. The van der Waals surface area contributed by atoms with Gasteiger partial charge in [0.05, 0.1) is 11.3 Å². The van der Waals surface area contributed by atoms with E-state index in [-0.39, 0.29) is 16.9 Å². The van der Waals surface area contributed by atoms with Crippen molar-refractivity contribution >= 4 is 34.9 Å². The number of hydrogen-bond donors (Lipinski definition) is 2. The Balaban J connectivity index is 1.75. The molecular weight excluding hydrogens is 372 g/mol. The van der Waals surface area contributed by atoms with E-state index in [4.69, 9.17) is 13.3 Å². The van der Waals surface area contributed by atoms with Crippen LogP contribution in [0.25, 0.3) is 39.3 Å². The van der Waals surface area contributed by atoms with Crippen LogP contribution in [0.1, 0.15) is 5.89 Å². The Bertz CT molecular complexity index is 1390. The van der Waals surface area contributed by atoms with Crippen molar-refractivity contribution in [2.24, 2.45) is 0 Å². The number of benzene rings is 2. The van der Waals surface area contributed by atoms with Gasteiger partial charge < -0.3 is 18.4 Å². The zero-order valence-corrected chi connectivity index (χ0v) is 14.6. The number of oxazole rings is 1. The lowest BCUT2D eigenvalue weighted by Crippen LogP contribution is -1.98. The summed E-state index contributed by atoms with van der Waals surface area (Å²) < 4.78 is 16.9. The van der Waals surface area contributed by atoms with Crippen molar-refractivity contribution < 1.29 is 18.4 Å². The minimum Gasteiger partial charge on any atom is -0.507 e. The number of aromatic nitrogens is 4. The van der Waals surface area contributed by atoms with Crippen LogP contribution in [-0.4, -0.2) is 24.9 Å². The molecule has 134 valence electrons. The number of phenols is 1. The summed E-state index contributed by atoms with van der Waals surface area (Å²) in [4.78, 5) is 15.6. The second-order valence-corrected chi connectivity index (χ2v) is 6.21. The van der Waals surface area contributed by atoms with Gasteiger partial charge in [-0.3, -0.25) is 4.57 Å². The first kappa shape index (κ1) is 15.7. The molecule has 0 bridgehead atoms. The van der Waals surface area contributed by atoms with Crippen LogP contribution < -0.4 is 5.82 Å². The van der Waals surface area contributed by atoms with Crippen molar-refractivity contribution in [3.05, 3.63) is 46.8 Å². The van der Waals surface area contributed by atoms with E-state index in [0.29, 0.717) is 39.2 Å². The van der Waals surface area contributed by atoms with Crippen molar-refractivity contribution in [1.82, 2.24) is 19.7 Å². The van der Waals surface area contributed by atoms with Crippen LogP contribution in [0.5, 0.6) is 5.75 Å². The Morgan fingerprint density at radius 3 is 2.63 bits per heavy atom. The van der Waals surface area contributed by atoms with Gasteiger partial charge >= 0.3 is 5.82 Å². The zero-order valence-electron chi connectivity index (χ0n) is 13.7. The Morgan fingerprint density at radius 2 is 1.81 bits per heavy atom. The van der Waals surface area contributed by atoms with Gasteiger partial charge in [0.2, 0.25) is 0 Å². The van der Waals surface area contributed by atoms with Crippen molar-refractivity contribution in [3.63, 3.8) is 0 Å². The topological polar surface area (TPSA) is 120 Å². The van der Waals surface area contributed by atoms with Gasteiger partial charge in [0, 0.05) is 13.0 Å². The quantitative estimate of drug-likeness (QED) is 0.447. The van der Waals surface area contributed by atoms with Gasteiger partial charge in [-0.1, -0.05) is 0 Å². The van der Waals surface area contributed by atoms with Crippen LogP contribution in [0.2, 0.25) is 0 Å². The highest BCUT2D eigenvalue weighted by Crippen LogP contribution is 2.34. The highest BCUT2D eigenvalue weighted by molar-refractivity contribution is 7.80. The van der Waals surface area contributed by atoms with Crippen LogP contribution in [0, 0.1) is 6.92 Å². The molecule has 10 heteroatoms. The van der Waals surface area contributed by atoms with Gasteiger partial charge in [-0.05, 0) is 24.3 Å². The number of phenolic OH excluding ortho intramolecular Hbond substituents is 1. The van der Waals surface area contributed by atoms with E-state index in [1.165, 1.54) is 12.1 Å². The number of thiol groups is 1. The second kappa shape index (κ2) is 5.48. The van der Waals surface area contributed by atoms with Gasteiger partial charge in [0.1, 0.15) is 11.3 Å². The summed E-state index contributed by atoms with van der Waals surface area (Å²) in [6.07, 6.45) is 0. The number of nitrogens with zero attached hydrogens (tertiary/aromatic N) is 4. The lowest BCUT2D eigenvalue weighted by atomic mass is 10.1. The van der Waals surface area contributed by atoms with Crippen LogP contribution in [0.15, 0.2) is 53.5 Å². The Hall–Kier alpha value is -3.53. The maximum atomic E-state index is 11.3. The van der Waals surface area contributed by atoms with Gasteiger partial charge in [-0.2, -0.15) is 0 Å². The molecule has 0 aliphatic carbocycles. The molecule has 9 nitrogen and oxygen atoms in total. The van der Waals surface area contributed by atoms with E-state index in [1.807, 2.05) is 0 Å². The van der Waals surface area contributed by atoms with Gasteiger partial charge in [-0.25, -0.2) is 9.78 Å². The van der Waals surface area contributed by atoms with Gasteiger partial charge in [-0.15, -0.1) is 22.8 Å². The van der Waals surface area contributed by atoms with E-state index in [2.05, 4.69) is 27.8 Å². The molecule has 5 rings (SSSR count). The monoisotopic (exact) mass is 382 g/mol. The van der Waals surface area contributed by atoms with Crippen LogP contribution in [0.3, 0.4) is 0 Å². The molecule has 0 aliphatic heterocycles. The maximum Gasteiger partial charge on any atom is 0.519 e. The largest absolute Gasteiger partial charge is 0.519 e. The summed E-state index contributed by atoms with van der Waals surface area (Å²) in [6, 6.07) is 8.12. The van der Waals surface area contributed by atoms with E-state index < -0.39 is 5.82 Å². The molecule has 3 heterocycles. The van der Waals surface area contributed by atoms with E-state index >= 15 is 0 Å². The number of fused-ring (bicyclic) bond motifs is 2. The average molecular weight is 382 g/mol. The molecule has 0 saturated carbocycles. The minimum absolute atomic E-state index is 0.137. The summed E-state index contributed by atoms with van der Waals surface area (Å²) in [5.74, 6) is -0.143. The highest BCUT2D eigenvalue weighted by atomic mass is 32.1. The standard InChI is InChI=1S/C17H10N4O5S/c1-7-18-10-4-8(2-3-12(10)24-7)21-15(19-20-16(21)27)9-5-13-14(6-11(9)22)26-17(23)25-13/h2-6,22H,1H3,(H,20,27). The fourth-order valence-corrected chi connectivity index (χ4v) is 3.20. The van der Waals surface area contributed by atoms with Crippen molar-refractivity contribution in [3.8, 4) is 22.8 Å². The minimum atomic E-state index is -0.857. The summed E-state index contributed by atoms with van der Waals surface area (Å²) in [7, 11) is 0. The molecule has 0 unspecified atom stereocenters. The fourth-order valence-electron chi connectivity index (χ4n) is 2.95. The van der Waals surface area contributed by atoms with Crippen LogP contribution in [0.4, 0.5) is 0 Å². The van der Waals surface area contributed by atoms with E-state index in [1.54, 1.807) is 29.7 Å². The van der Waals surface area contributed by atoms with Crippen molar-refractivity contribution in [2.45, 2.75) is 12.1 Å². The second-order valence-electron chi connectivity index (χ2n) is 5.81. The molecule has 0 radical (unpaired) electrons. The molecule has 0 aliphatic rings. The van der Waals surface area contributed by atoms with Crippen LogP contribution in [-0.2, 0) is 0 Å². The molecule has 27 heavy (non-hydrogen) atoms. The van der Waals surface area contributed by atoms with E-state index in [0.717, 1.165) is 0 Å². The average Bonchev–Trinajstić information content (AvgIpc) is 3.28. The predicted octanol–water partition coefficient (Wildman–Crippen LogP) is 3.08. The first-order chi connectivity index (χ1) is 13.0. The van der Waals surface area contributed by atoms with E-state index in [9.17, 15) is 9.90 Å². The lowest BCUT2D eigenvalue weighted by Gasteiger charge is -2.09. The number of aromatic hydroxyl groups is 1. The van der Waals surface area contributed by atoms with Crippen LogP contribution >= 0.6 is 12.6 Å². The smallest absolute Gasteiger partial charge is 0.507 e. The molecule has 0 amide bonds. The lowest BCUT2D eigenvalue weighted by molar-refractivity contribution is 0.409. The molecule has 0 atom stereocenters. The third kappa shape index (κ3) is 2.41.